The summed E-state index contributed by atoms with van der Waals surface area (Å²) in [7, 11) is 0. The summed E-state index contributed by atoms with van der Waals surface area (Å²) in [6, 6.07) is 10.6. The Kier molecular flexibility index (Phi) is 5.14. The number of carbonyl (C=O) groups is 1. The van der Waals surface area contributed by atoms with Crippen molar-refractivity contribution in [2.24, 2.45) is 5.10 Å². The second-order valence-electron chi connectivity index (χ2n) is 6.51. The van der Waals surface area contributed by atoms with Crippen LogP contribution >= 0.6 is 0 Å². The molecular weight excluding hydrogens is 391 g/mol. The maximum absolute atomic E-state index is 13.6. The number of halogens is 3. The summed E-state index contributed by atoms with van der Waals surface area (Å²) >= 11 is 0. The SMILES string of the molecule is CCc1ccc(C2=NN(C(=O)c3ccc([N+](=O)[O-])cc3)[C@](O)(C(F)(F)F)C2)cc1. The normalized spacial score (nSPS) is 19.2. The van der Waals surface area contributed by atoms with Crippen molar-refractivity contribution in [3.05, 3.63) is 75.3 Å². The number of alkyl halides is 3. The van der Waals surface area contributed by atoms with Crippen LogP contribution in [0.3, 0.4) is 0 Å². The van der Waals surface area contributed by atoms with Crippen LogP contribution < -0.4 is 0 Å². The lowest BCUT2D eigenvalue weighted by Crippen LogP contribution is -2.56. The van der Waals surface area contributed by atoms with Gasteiger partial charge in [-0.1, -0.05) is 31.2 Å². The third-order valence-corrected chi connectivity index (χ3v) is 4.65. The van der Waals surface area contributed by atoms with Gasteiger partial charge in [-0.2, -0.15) is 23.3 Å². The molecule has 1 atom stereocenters. The average Bonchev–Trinajstić information content (AvgIpc) is 3.06. The van der Waals surface area contributed by atoms with Crippen LogP contribution in [0, 0.1) is 10.1 Å². The molecule has 29 heavy (non-hydrogen) atoms. The van der Waals surface area contributed by atoms with E-state index in [1.165, 1.54) is 0 Å². The highest BCUT2D eigenvalue weighted by molar-refractivity contribution is 6.05. The molecule has 152 valence electrons. The molecule has 0 unspecified atom stereocenters. The molecule has 2 aromatic carbocycles. The Morgan fingerprint density at radius 1 is 1.21 bits per heavy atom. The Hall–Kier alpha value is -3.27. The van der Waals surface area contributed by atoms with Crippen LogP contribution in [0.2, 0.25) is 0 Å². The Morgan fingerprint density at radius 3 is 2.28 bits per heavy atom. The zero-order chi connectivity index (χ0) is 21.4. The predicted octanol–water partition coefficient (Wildman–Crippen LogP) is 3.66. The van der Waals surface area contributed by atoms with Gasteiger partial charge in [0.15, 0.2) is 0 Å². The first kappa shape index (κ1) is 20.5. The summed E-state index contributed by atoms with van der Waals surface area (Å²) in [4.78, 5) is 22.7. The minimum atomic E-state index is -5.17. The van der Waals surface area contributed by atoms with Gasteiger partial charge in [0, 0.05) is 17.7 Å². The lowest BCUT2D eigenvalue weighted by molar-refractivity contribution is -0.384. The molecule has 0 aliphatic carbocycles. The van der Waals surface area contributed by atoms with Crippen molar-refractivity contribution in [1.29, 1.82) is 0 Å². The standard InChI is InChI=1S/C19H16F3N3O4/c1-2-12-3-5-13(6-4-12)16-11-18(27,19(20,21)22)24(23-16)17(26)14-7-9-15(10-8-14)25(28)29/h3-10,27H,2,11H2,1H3/t18-/m1/s1. The van der Waals surface area contributed by atoms with Crippen LogP contribution in [0.5, 0.6) is 0 Å². The van der Waals surface area contributed by atoms with E-state index in [-0.39, 0.29) is 22.0 Å². The van der Waals surface area contributed by atoms with Crippen LogP contribution in [-0.4, -0.2) is 38.6 Å². The highest BCUT2D eigenvalue weighted by Gasteiger charge is 2.63. The number of rotatable bonds is 4. The van der Waals surface area contributed by atoms with Crippen LogP contribution in [-0.2, 0) is 6.42 Å². The lowest BCUT2D eigenvalue weighted by atomic mass is 9.99. The van der Waals surface area contributed by atoms with Crippen molar-refractivity contribution in [2.75, 3.05) is 0 Å². The minimum Gasteiger partial charge on any atom is -0.362 e. The molecule has 0 aromatic heterocycles. The molecule has 0 fully saturated rings. The summed E-state index contributed by atoms with van der Waals surface area (Å²) in [5.74, 6) is -1.22. The molecule has 0 saturated heterocycles. The average molecular weight is 407 g/mol. The van der Waals surface area contributed by atoms with Crippen LogP contribution in [0.15, 0.2) is 53.6 Å². The maximum atomic E-state index is 13.6. The second kappa shape index (κ2) is 7.28. The Bertz CT molecular complexity index is 972. The number of aryl methyl sites for hydroxylation is 1. The molecular formula is C19H16F3N3O4. The molecule has 3 rings (SSSR count). The van der Waals surface area contributed by atoms with Gasteiger partial charge in [-0.15, -0.1) is 0 Å². The number of nitro benzene ring substituents is 1. The highest BCUT2D eigenvalue weighted by Crippen LogP contribution is 2.42. The predicted molar refractivity (Wildman–Crippen MR) is 97.2 cm³/mol. The molecule has 0 bridgehead atoms. The van der Waals surface area contributed by atoms with E-state index in [0.29, 0.717) is 5.56 Å². The van der Waals surface area contributed by atoms with Crippen molar-refractivity contribution >= 4 is 17.3 Å². The number of hydrogen-bond donors (Lipinski definition) is 1. The Balaban J connectivity index is 2.00. The number of nitro groups is 1. The molecule has 1 heterocycles. The van der Waals surface area contributed by atoms with Gasteiger partial charge in [-0.05, 0) is 29.7 Å². The third-order valence-electron chi connectivity index (χ3n) is 4.65. The molecule has 0 spiro atoms. The first-order chi connectivity index (χ1) is 13.6. The van der Waals surface area contributed by atoms with Crippen molar-refractivity contribution in [2.45, 2.75) is 31.7 Å². The first-order valence-electron chi connectivity index (χ1n) is 8.61. The van der Waals surface area contributed by atoms with E-state index >= 15 is 0 Å². The van der Waals surface area contributed by atoms with Gasteiger partial charge >= 0.3 is 6.18 Å². The molecule has 2 aromatic rings. The molecule has 0 radical (unpaired) electrons. The van der Waals surface area contributed by atoms with Crippen molar-refractivity contribution in [3.8, 4) is 0 Å². The van der Waals surface area contributed by atoms with E-state index in [4.69, 9.17) is 0 Å². The summed E-state index contributed by atoms with van der Waals surface area (Å²) in [6.07, 6.45) is -5.36. The maximum Gasteiger partial charge on any atom is 0.438 e. The number of hydrogen-bond acceptors (Lipinski definition) is 5. The van der Waals surface area contributed by atoms with Gasteiger partial charge in [0.25, 0.3) is 17.3 Å². The molecule has 1 N–H and O–H groups in total. The fourth-order valence-corrected chi connectivity index (χ4v) is 2.92. The number of hydrazone groups is 1. The fourth-order valence-electron chi connectivity index (χ4n) is 2.92. The molecule has 10 heteroatoms. The van der Waals surface area contributed by atoms with E-state index in [1.807, 2.05) is 6.92 Å². The fraction of sp³-hybridized carbons (Fsp3) is 0.263. The van der Waals surface area contributed by atoms with Crippen LogP contribution in [0.25, 0.3) is 0 Å². The molecule has 0 saturated carbocycles. The zero-order valence-electron chi connectivity index (χ0n) is 15.2. The van der Waals surface area contributed by atoms with Crippen LogP contribution in [0.4, 0.5) is 18.9 Å². The van der Waals surface area contributed by atoms with Crippen molar-refractivity contribution < 1.29 is 28.0 Å². The highest BCUT2D eigenvalue weighted by atomic mass is 19.4. The lowest BCUT2D eigenvalue weighted by Gasteiger charge is -2.32. The van der Waals surface area contributed by atoms with Crippen LogP contribution in [0.1, 0.15) is 34.8 Å². The quantitative estimate of drug-likeness (QED) is 0.618. The van der Waals surface area contributed by atoms with E-state index in [1.54, 1.807) is 24.3 Å². The Morgan fingerprint density at radius 2 is 1.79 bits per heavy atom. The zero-order valence-corrected chi connectivity index (χ0v) is 15.2. The first-order valence-corrected chi connectivity index (χ1v) is 8.61. The molecule has 7 nitrogen and oxygen atoms in total. The topological polar surface area (TPSA) is 96.0 Å². The molecule has 1 aliphatic heterocycles. The number of amides is 1. The number of nitrogens with zero attached hydrogens (tertiary/aromatic N) is 3. The van der Waals surface area contributed by atoms with Crippen molar-refractivity contribution in [3.63, 3.8) is 0 Å². The van der Waals surface area contributed by atoms with Gasteiger partial charge in [0.2, 0.25) is 0 Å². The van der Waals surface area contributed by atoms with Gasteiger partial charge in [0.1, 0.15) is 0 Å². The molecule has 1 aliphatic rings. The number of aliphatic hydroxyl groups is 1. The van der Waals surface area contributed by atoms with Gasteiger partial charge < -0.3 is 5.11 Å². The van der Waals surface area contributed by atoms with E-state index in [2.05, 4.69) is 5.10 Å². The van der Waals surface area contributed by atoms with E-state index in [9.17, 15) is 33.2 Å². The minimum absolute atomic E-state index is 0.00275. The monoisotopic (exact) mass is 407 g/mol. The molecule has 1 amide bonds. The van der Waals surface area contributed by atoms with Gasteiger partial charge in [-0.25, -0.2) is 0 Å². The largest absolute Gasteiger partial charge is 0.438 e. The number of non-ortho nitro benzene ring substituents is 1. The van der Waals surface area contributed by atoms with E-state index < -0.39 is 29.2 Å². The number of carbonyl (C=O) groups excluding carboxylic acids is 1. The van der Waals surface area contributed by atoms with Crippen molar-refractivity contribution in [1.82, 2.24) is 5.01 Å². The summed E-state index contributed by atoms with van der Waals surface area (Å²) < 4.78 is 40.9. The van der Waals surface area contributed by atoms with Gasteiger partial charge in [-0.3, -0.25) is 14.9 Å². The third kappa shape index (κ3) is 3.70. The summed E-state index contributed by atoms with van der Waals surface area (Å²) in [5.41, 5.74) is -2.90. The number of benzene rings is 2. The smallest absolute Gasteiger partial charge is 0.362 e. The van der Waals surface area contributed by atoms with Gasteiger partial charge in [0.05, 0.1) is 17.1 Å². The van der Waals surface area contributed by atoms with E-state index in [0.717, 1.165) is 36.2 Å². The summed E-state index contributed by atoms with van der Waals surface area (Å²) in [5, 5.41) is 24.8. The summed E-state index contributed by atoms with van der Waals surface area (Å²) in [6.45, 7) is 1.93. The Labute approximate surface area is 163 Å². The second-order valence-corrected chi connectivity index (χ2v) is 6.51.